The number of hydrogen-bond acceptors (Lipinski definition) is 2. The molecular formula is C41H29N3. The molecule has 9 rings (SSSR count). The lowest BCUT2D eigenvalue weighted by Gasteiger charge is -2.21. The molecule has 0 spiro atoms. The minimum Gasteiger partial charge on any atom is -0.284 e. The molecule has 0 aliphatic heterocycles. The summed E-state index contributed by atoms with van der Waals surface area (Å²) in [6, 6.07) is 48.0. The highest BCUT2D eigenvalue weighted by atomic mass is 15.1. The van der Waals surface area contributed by atoms with Crippen LogP contribution in [0.3, 0.4) is 0 Å². The van der Waals surface area contributed by atoms with Crippen LogP contribution in [-0.2, 0) is 5.41 Å². The molecule has 1 aliphatic carbocycles. The van der Waals surface area contributed by atoms with Crippen LogP contribution >= 0.6 is 0 Å². The van der Waals surface area contributed by atoms with Crippen molar-refractivity contribution in [3.8, 4) is 44.6 Å². The van der Waals surface area contributed by atoms with Crippen molar-refractivity contribution in [2.75, 3.05) is 0 Å². The monoisotopic (exact) mass is 563 g/mol. The molecule has 0 bridgehead atoms. The number of nitrogens with zero attached hydrogens (tertiary/aromatic N) is 3. The van der Waals surface area contributed by atoms with Crippen LogP contribution in [0.25, 0.3) is 72.2 Å². The van der Waals surface area contributed by atoms with Gasteiger partial charge in [-0.1, -0.05) is 123 Å². The summed E-state index contributed by atoms with van der Waals surface area (Å²) in [5, 5.41) is 2.23. The highest BCUT2D eigenvalue weighted by Gasteiger charge is 2.35. The minimum atomic E-state index is 0.0230. The standard InChI is InChI=1S/C41H29N3/c1-41(2)35-15-6-5-12-31(35)34-25-29(21-22-36(34)41)27-19-17-26(18-20-27)28-10-9-11-30(24-28)38-32-13-3-4-14-33(32)39-40(43-38)44-23-8-7-16-37(44)42-39/h3-25H,1-2H3. The summed E-state index contributed by atoms with van der Waals surface area (Å²) in [6.07, 6.45) is 2.04. The van der Waals surface area contributed by atoms with Gasteiger partial charge in [0.2, 0.25) is 0 Å². The normalized spacial score (nSPS) is 13.4. The zero-order chi connectivity index (χ0) is 29.4. The van der Waals surface area contributed by atoms with Crippen molar-refractivity contribution >= 4 is 27.6 Å². The Hall–Kier alpha value is -5.54. The quantitative estimate of drug-likeness (QED) is 0.214. The molecule has 3 heteroatoms. The van der Waals surface area contributed by atoms with E-state index in [1.54, 1.807) is 0 Å². The van der Waals surface area contributed by atoms with Gasteiger partial charge in [-0.25, -0.2) is 9.97 Å². The number of benzene rings is 5. The molecule has 0 N–H and O–H groups in total. The van der Waals surface area contributed by atoms with Crippen molar-refractivity contribution in [1.82, 2.24) is 14.4 Å². The molecule has 0 fully saturated rings. The number of fused-ring (bicyclic) bond motifs is 8. The Morgan fingerprint density at radius 1 is 0.500 bits per heavy atom. The van der Waals surface area contributed by atoms with Crippen molar-refractivity contribution in [3.05, 3.63) is 151 Å². The molecular weight excluding hydrogens is 534 g/mol. The van der Waals surface area contributed by atoms with Gasteiger partial charge >= 0.3 is 0 Å². The molecule has 208 valence electrons. The average Bonchev–Trinajstić information content (AvgIpc) is 3.57. The number of aromatic nitrogens is 3. The maximum Gasteiger partial charge on any atom is 0.165 e. The second kappa shape index (κ2) is 9.23. The van der Waals surface area contributed by atoms with E-state index in [9.17, 15) is 0 Å². The summed E-state index contributed by atoms with van der Waals surface area (Å²) in [5.41, 5.74) is 15.1. The van der Waals surface area contributed by atoms with E-state index in [-0.39, 0.29) is 5.41 Å². The fourth-order valence-corrected chi connectivity index (χ4v) is 7.15. The van der Waals surface area contributed by atoms with Gasteiger partial charge in [0.05, 0.1) is 5.69 Å². The SMILES string of the molecule is CC1(C)c2ccccc2-c2cc(-c3ccc(-c4cccc(-c5nc6c(nc7ccccn76)c6ccccc56)c4)cc3)ccc21. The second-order valence-corrected chi connectivity index (χ2v) is 12.3. The lowest BCUT2D eigenvalue weighted by molar-refractivity contribution is 0.660. The van der Waals surface area contributed by atoms with Crippen molar-refractivity contribution in [2.45, 2.75) is 19.3 Å². The molecule has 44 heavy (non-hydrogen) atoms. The van der Waals surface area contributed by atoms with E-state index >= 15 is 0 Å². The maximum absolute atomic E-state index is 5.21. The average molecular weight is 564 g/mol. The molecule has 0 atom stereocenters. The summed E-state index contributed by atoms with van der Waals surface area (Å²) >= 11 is 0. The van der Waals surface area contributed by atoms with Crippen LogP contribution in [0.4, 0.5) is 0 Å². The third-order valence-electron chi connectivity index (χ3n) is 9.43. The molecule has 0 amide bonds. The predicted octanol–water partition coefficient (Wildman–Crippen LogP) is 10.3. The van der Waals surface area contributed by atoms with Gasteiger partial charge in [0.15, 0.2) is 5.65 Å². The smallest absolute Gasteiger partial charge is 0.165 e. The van der Waals surface area contributed by atoms with Crippen molar-refractivity contribution < 1.29 is 0 Å². The number of hydrogen-bond donors (Lipinski definition) is 0. The topological polar surface area (TPSA) is 30.2 Å². The molecule has 5 aromatic carbocycles. The molecule has 0 unspecified atom stereocenters. The Bertz CT molecular complexity index is 2410. The number of rotatable bonds is 3. The maximum atomic E-state index is 5.21. The highest BCUT2D eigenvalue weighted by molar-refractivity contribution is 6.09. The molecule has 3 nitrogen and oxygen atoms in total. The van der Waals surface area contributed by atoms with E-state index in [0.29, 0.717) is 0 Å². The van der Waals surface area contributed by atoms with Crippen LogP contribution in [0.5, 0.6) is 0 Å². The first-order valence-corrected chi connectivity index (χ1v) is 15.2. The van der Waals surface area contributed by atoms with Crippen molar-refractivity contribution in [3.63, 3.8) is 0 Å². The Labute approximate surface area is 256 Å². The molecule has 0 radical (unpaired) electrons. The third-order valence-corrected chi connectivity index (χ3v) is 9.43. The fourth-order valence-electron chi connectivity index (χ4n) is 7.15. The lowest BCUT2D eigenvalue weighted by atomic mass is 9.82. The largest absolute Gasteiger partial charge is 0.284 e. The molecule has 1 aliphatic rings. The first-order valence-electron chi connectivity index (χ1n) is 15.2. The second-order valence-electron chi connectivity index (χ2n) is 12.3. The van der Waals surface area contributed by atoms with Crippen LogP contribution in [-0.4, -0.2) is 14.4 Å². The zero-order valence-corrected chi connectivity index (χ0v) is 24.6. The van der Waals surface area contributed by atoms with E-state index in [1.165, 1.54) is 44.5 Å². The predicted molar refractivity (Wildman–Crippen MR) is 182 cm³/mol. The van der Waals surface area contributed by atoms with E-state index < -0.39 is 0 Å². The Morgan fingerprint density at radius 2 is 1.16 bits per heavy atom. The van der Waals surface area contributed by atoms with Gasteiger partial charge in [-0.3, -0.25) is 4.40 Å². The molecule has 0 saturated heterocycles. The summed E-state index contributed by atoms with van der Waals surface area (Å²) in [5.74, 6) is 0. The van der Waals surface area contributed by atoms with Crippen LogP contribution in [0, 0.1) is 0 Å². The van der Waals surface area contributed by atoms with Gasteiger partial charge in [0.25, 0.3) is 0 Å². The molecule has 8 aromatic rings. The van der Waals surface area contributed by atoms with Gasteiger partial charge < -0.3 is 0 Å². The van der Waals surface area contributed by atoms with Gasteiger partial charge in [0, 0.05) is 27.9 Å². The first-order chi connectivity index (χ1) is 21.6. The number of imidazole rings is 1. The van der Waals surface area contributed by atoms with Gasteiger partial charge in [-0.15, -0.1) is 0 Å². The van der Waals surface area contributed by atoms with Crippen molar-refractivity contribution in [2.24, 2.45) is 0 Å². The summed E-state index contributed by atoms with van der Waals surface area (Å²) in [4.78, 5) is 10.1. The van der Waals surface area contributed by atoms with E-state index in [4.69, 9.17) is 9.97 Å². The van der Waals surface area contributed by atoms with Crippen LogP contribution < -0.4 is 0 Å². The zero-order valence-electron chi connectivity index (χ0n) is 24.6. The van der Waals surface area contributed by atoms with E-state index in [1.807, 2.05) is 24.4 Å². The summed E-state index contributed by atoms with van der Waals surface area (Å²) < 4.78 is 2.08. The summed E-state index contributed by atoms with van der Waals surface area (Å²) in [7, 11) is 0. The van der Waals surface area contributed by atoms with E-state index in [2.05, 4.69) is 134 Å². The van der Waals surface area contributed by atoms with Crippen LogP contribution in [0.15, 0.2) is 140 Å². The minimum absolute atomic E-state index is 0.0230. The van der Waals surface area contributed by atoms with Gasteiger partial charge in [0.1, 0.15) is 11.2 Å². The Balaban J connectivity index is 1.11. The number of pyridine rings is 2. The lowest BCUT2D eigenvalue weighted by Crippen LogP contribution is -2.14. The molecule has 3 aromatic heterocycles. The van der Waals surface area contributed by atoms with Crippen LogP contribution in [0.2, 0.25) is 0 Å². The first kappa shape index (κ1) is 25.0. The van der Waals surface area contributed by atoms with Crippen LogP contribution in [0.1, 0.15) is 25.0 Å². The van der Waals surface area contributed by atoms with Gasteiger partial charge in [-0.05, 0) is 68.8 Å². The fraction of sp³-hybridized carbons (Fsp3) is 0.0732. The highest BCUT2D eigenvalue weighted by Crippen LogP contribution is 2.49. The van der Waals surface area contributed by atoms with Crippen molar-refractivity contribution in [1.29, 1.82) is 0 Å². The molecule has 0 saturated carbocycles. The molecule has 3 heterocycles. The van der Waals surface area contributed by atoms with E-state index in [0.717, 1.165) is 38.8 Å². The third kappa shape index (κ3) is 3.62. The summed E-state index contributed by atoms with van der Waals surface area (Å²) in [6.45, 7) is 4.66. The van der Waals surface area contributed by atoms with Gasteiger partial charge in [-0.2, -0.15) is 0 Å². The Morgan fingerprint density at radius 3 is 2.00 bits per heavy atom. The Kier molecular flexibility index (Phi) is 5.24.